The molecule has 0 aliphatic heterocycles. The number of carbonyl (C=O) groups is 1. The number of thiophene rings is 1. The zero-order valence-electron chi connectivity index (χ0n) is 13.0. The minimum atomic E-state index is -0.246. The van der Waals surface area contributed by atoms with Crippen LogP contribution < -0.4 is 0 Å². The van der Waals surface area contributed by atoms with E-state index in [1.807, 2.05) is 4.57 Å². The second-order valence-electron chi connectivity index (χ2n) is 4.63. The maximum absolute atomic E-state index is 11.5. The number of nitrogens with zero attached hydrogens (tertiary/aromatic N) is 3. The van der Waals surface area contributed by atoms with E-state index in [1.54, 1.807) is 24.3 Å². The summed E-state index contributed by atoms with van der Waals surface area (Å²) in [5, 5.41) is 11.3. The van der Waals surface area contributed by atoms with Crippen LogP contribution in [0.3, 0.4) is 0 Å². The van der Waals surface area contributed by atoms with Crippen molar-refractivity contribution < 1.29 is 9.53 Å². The third-order valence-electron chi connectivity index (χ3n) is 3.18. The molecule has 0 saturated carbocycles. The summed E-state index contributed by atoms with van der Waals surface area (Å²) in [6.07, 6.45) is 1.80. The molecule has 0 aliphatic carbocycles. The summed E-state index contributed by atoms with van der Waals surface area (Å²) in [4.78, 5) is 12.8. The fourth-order valence-corrected chi connectivity index (χ4v) is 3.56. The summed E-state index contributed by atoms with van der Waals surface area (Å²) in [6.45, 7) is 10.7. The lowest BCUT2D eigenvalue weighted by Gasteiger charge is -2.07. The molecule has 0 saturated heterocycles. The smallest absolute Gasteiger partial charge is 0.316 e. The molecule has 0 amide bonds. The number of hydrogen-bond donors (Lipinski definition) is 0. The Morgan fingerprint density at radius 3 is 2.86 bits per heavy atom. The summed E-state index contributed by atoms with van der Waals surface area (Å²) in [5.41, 5.74) is 2.30. The Bertz CT molecular complexity index is 676. The van der Waals surface area contributed by atoms with E-state index in [-0.39, 0.29) is 11.7 Å². The van der Waals surface area contributed by atoms with Crippen molar-refractivity contribution in [2.75, 3.05) is 12.4 Å². The number of rotatable bonds is 7. The molecule has 0 radical (unpaired) electrons. The zero-order valence-corrected chi connectivity index (χ0v) is 14.6. The van der Waals surface area contributed by atoms with E-state index in [9.17, 15) is 4.79 Å². The molecule has 0 aliphatic rings. The number of carbonyl (C=O) groups excluding carboxylic acids is 1. The van der Waals surface area contributed by atoms with Crippen molar-refractivity contribution in [3.63, 3.8) is 0 Å². The minimum absolute atomic E-state index is 0.227. The van der Waals surface area contributed by atoms with Crippen LogP contribution in [0.5, 0.6) is 0 Å². The minimum Gasteiger partial charge on any atom is -0.465 e. The quantitative estimate of drug-likeness (QED) is 0.440. The van der Waals surface area contributed by atoms with E-state index in [1.165, 1.54) is 22.2 Å². The summed E-state index contributed by atoms with van der Waals surface area (Å²) >= 11 is 3.03. The Kier molecular flexibility index (Phi) is 5.79. The predicted molar refractivity (Wildman–Crippen MR) is 90.4 cm³/mol. The van der Waals surface area contributed by atoms with Gasteiger partial charge in [0.1, 0.15) is 0 Å². The van der Waals surface area contributed by atoms with Crippen LogP contribution in [0.2, 0.25) is 0 Å². The van der Waals surface area contributed by atoms with Gasteiger partial charge in [-0.1, -0.05) is 17.8 Å². The SMILES string of the molecule is C=CCn1c(SCC(=O)OCC)nnc1-c1csc(C)c1C. The lowest BCUT2D eigenvalue weighted by molar-refractivity contribution is -0.139. The van der Waals surface area contributed by atoms with E-state index in [4.69, 9.17) is 4.74 Å². The molecule has 2 aromatic rings. The zero-order chi connectivity index (χ0) is 16.1. The topological polar surface area (TPSA) is 57.0 Å². The van der Waals surface area contributed by atoms with E-state index in [2.05, 4.69) is 36.0 Å². The fraction of sp³-hybridized carbons (Fsp3) is 0.400. The van der Waals surface area contributed by atoms with Crippen LogP contribution in [0.15, 0.2) is 23.2 Å². The predicted octanol–water partition coefficient (Wildman–Crippen LogP) is 3.46. The van der Waals surface area contributed by atoms with Crippen LogP contribution in [-0.4, -0.2) is 33.1 Å². The molecule has 7 heteroatoms. The molecule has 0 fully saturated rings. The van der Waals surface area contributed by atoms with E-state index in [0.29, 0.717) is 18.3 Å². The Morgan fingerprint density at radius 1 is 1.50 bits per heavy atom. The summed E-state index contributed by atoms with van der Waals surface area (Å²) < 4.78 is 6.92. The Balaban J connectivity index is 2.27. The first kappa shape index (κ1) is 16.8. The second-order valence-corrected chi connectivity index (χ2v) is 6.66. The Morgan fingerprint density at radius 2 is 2.27 bits per heavy atom. The first-order valence-corrected chi connectivity index (χ1v) is 8.82. The van der Waals surface area contributed by atoms with Gasteiger partial charge in [0.25, 0.3) is 0 Å². The molecule has 0 aromatic carbocycles. The molecule has 2 aromatic heterocycles. The highest BCUT2D eigenvalue weighted by Crippen LogP contribution is 2.31. The maximum Gasteiger partial charge on any atom is 0.316 e. The van der Waals surface area contributed by atoms with Crippen molar-refractivity contribution in [2.24, 2.45) is 0 Å². The molecule has 0 atom stereocenters. The molecule has 2 heterocycles. The van der Waals surface area contributed by atoms with Crippen LogP contribution in [0, 0.1) is 13.8 Å². The Hall–Kier alpha value is -1.60. The number of ether oxygens (including phenoxy) is 1. The van der Waals surface area contributed by atoms with Gasteiger partial charge >= 0.3 is 5.97 Å². The Labute approximate surface area is 138 Å². The standard InChI is InChI=1S/C15H19N3O2S2/c1-5-7-18-14(12-8-21-11(4)10(12)3)16-17-15(18)22-9-13(19)20-6-2/h5,8H,1,6-7,9H2,2-4H3. The van der Waals surface area contributed by atoms with Crippen LogP contribution in [0.4, 0.5) is 0 Å². The van der Waals surface area contributed by atoms with Crippen molar-refractivity contribution in [3.05, 3.63) is 28.5 Å². The van der Waals surface area contributed by atoms with Gasteiger partial charge in [-0.2, -0.15) is 0 Å². The van der Waals surface area contributed by atoms with Gasteiger partial charge in [0.05, 0.1) is 12.4 Å². The van der Waals surface area contributed by atoms with Crippen molar-refractivity contribution in [1.29, 1.82) is 0 Å². The molecule has 2 rings (SSSR count). The van der Waals surface area contributed by atoms with Crippen LogP contribution in [0.25, 0.3) is 11.4 Å². The lowest BCUT2D eigenvalue weighted by atomic mass is 10.1. The normalized spacial score (nSPS) is 10.7. The number of hydrogen-bond acceptors (Lipinski definition) is 6. The molecule has 0 spiro atoms. The maximum atomic E-state index is 11.5. The number of aromatic nitrogens is 3. The largest absolute Gasteiger partial charge is 0.465 e. The van der Waals surface area contributed by atoms with E-state index in [0.717, 1.165) is 11.4 Å². The highest BCUT2D eigenvalue weighted by molar-refractivity contribution is 7.99. The highest BCUT2D eigenvalue weighted by Gasteiger charge is 2.18. The molecule has 22 heavy (non-hydrogen) atoms. The van der Waals surface area contributed by atoms with Crippen LogP contribution >= 0.6 is 23.1 Å². The number of allylic oxidation sites excluding steroid dienone is 1. The summed E-state index contributed by atoms with van der Waals surface area (Å²) in [5.74, 6) is 0.794. The molecule has 0 bridgehead atoms. The molecular formula is C15H19N3O2S2. The second kappa shape index (κ2) is 7.60. The van der Waals surface area contributed by atoms with Gasteiger partial charge in [0.15, 0.2) is 11.0 Å². The van der Waals surface area contributed by atoms with Gasteiger partial charge < -0.3 is 4.74 Å². The summed E-state index contributed by atoms with van der Waals surface area (Å²) in [6, 6.07) is 0. The van der Waals surface area contributed by atoms with E-state index < -0.39 is 0 Å². The van der Waals surface area contributed by atoms with Gasteiger partial charge in [-0.3, -0.25) is 9.36 Å². The van der Waals surface area contributed by atoms with Gasteiger partial charge in [-0.15, -0.1) is 28.1 Å². The number of aryl methyl sites for hydroxylation is 1. The average molecular weight is 337 g/mol. The molecule has 5 nitrogen and oxygen atoms in total. The molecule has 118 valence electrons. The van der Waals surface area contributed by atoms with Crippen LogP contribution in [-0.2, 0) is 16.1 Å². The van der Waals surface area contributed by atoms with Gasteiger partial charge in [-0.25, -0.2) is 0 Å². The lowest BCUT2D eigenvalue weighted by Crippen LogP contribution is -2.08. The van der Waals surface area contributed by atoms with Gasteiger partial charge in [0, 0.05) is 22.4 Å². The molecule has 0 unspecified atom stereocenters. The third kappa shape index (κ3) is 3.59. The van der Waals surface area contributed by atoms with Gasteiger partial charge in [-0.05, 0) is 26.3 Å². The van der Waals surface area contributed by atoms with Crippen molar-refractivity contribution in [1.82, 2.24) is 14.8 Å². The third-order valence-corrected chi connectivity index (χ3v) is 5.13. The highest BCUT2D eigenvalue weighted by atomic mass is 32.2. The average Bonchev–Trinajstić information content (AvgIpc) is 3.03. The monoisotopic (exact) mass is 337 g/mol. The van der Waals surface area contributed by atoms with Crippen molar-refractivity contribution in [2.45, 2.75) is 32.5 Å². The van der Waals surface area contributed by atoms with Crippen LogP contribution in [0.1, 0.15) is 17.4 Å². The van der Waals surface area contributed by atoms with Crippen molar-refractivity contribution in [3.8, 4) is 11.4 Å². The van der Waals surface area contributed by atoms with E-state index >= 15 is 0 Å². The molecular weight excluding hydrogens is 318 g/mol. The van der Waals surface area contributed by atoms with Crippen molar-refractivity contribution >= 4 is 29.1 Å². The number of esters is 1. The fourth-order valence-electron chi connectivity index (χ4n) is 1.95. The summed E-state index contributed by atoms with van der Waals surface area (Å²) in [7, 11) is 0. The van der Waals surface area contributed by atoms with Gasteiger partial charge in [0.2, 0.25) is 0 Å². The first-order valence-electron chi connectivity index (χ1n) is 6.96. The number of thioether (sulfide) groups is 1. The molecule has 0 N–H and O–H groups in total. The first-order chi connectivity index (χ1) is 10.6.